The second kappa shape index (κ2) is 10.9. The number of carbonyl (C=O) groups excluding carboxylic acids is 2. The van der Waals surface area contributed by atoms with Crippen LogP contribution in [-0.4, -0.2) is 34.5 Å². The summed E-state index contributed by atoms with van der Waals surface area (Å²) in [5.41, 5.74) is -0.365. The molecule has 0 saturated heterocycles. The van der Waals surface area contributed by atoms with Crippen LogP contribution >= 0.6 is 0 Å². The van der Waals surface area contributed by atoms with Gasteiger partial charge >= 0.3 is 5.97 Å². The smallest absolute Gasteiger partial charge is 0.329 e. The van der Waals surface area contributed by atoms with Crippen LogP contribution in [-0.2, 0) is 9.53 Å². The molecule has 0 bridgehead atoms. The Labute approximate surface area is 178 Å². The Bertz CT molecular complexity index is 752. The fourth-order valence-corrected chi connectivity index (χ4v) is 2.96. The highest BCUT2D eigenvalue weighted by atomic mass is 16.6. The minimum absolute atomic E-state index is 0.103. The van der Waals surface area contributed by atoms with Gasteiger partial charge in [-0.3, -0.25) is 14.9 Å². The van der Waals surface area contributed by atoms with Crippen LogP contribution in [0, 0.1) is 16.0 Å². The number of nitrogens with one attached hydrogen (secondary N) is 2. The Kier molecular flexibility index (Phi) is 9.26. The fraction of sp³-hybridized carbons (Fsp3) is 0.636. The van der Waals surface area contributed by atoms with Gasteiger partial charge in [0.2, 0.25) is 0 Å². The van der Waals surface area contributed by atoms with Gasteiger partial charge in [-0.05, 0) is 58.1 Å². The van der Waals surface area contributed by atoms with Crippen LogP contribution in [0.5, 0.6) is 0 Å². The molecule has 0 radical (unpaired) electrons. The molecule has 0 aliphatic heterocycles. The average Bonchev–Trinajstić information content (AvgIpc) is 2.63. The van der Waals surface area contributed by atoms with Crippen molar-refractivity contribution in [2.45, 2.75) is 85.4 Å². The first kappa shape index (κ1) is 25.4. The van der Waals surface area contributed by atoms with E-state index in [9.17, 15) is 19.7 Å². The number of anilines is 1. The van der Waals surface area contributed by atoms with E-state index in [0.29, 0.717) is 12.1 Å². The van der Waals surface area contributed by atoms with Gasteiger partial charge in [-0.2, -0.15) is 0 Å². The Hall–Kier alpha value is -2.64. The monoisotopic (exact) mass is 421 g/mol. The van der Waals surface area contributed by atoms with E-state index < -0.39 is 28.4 Å². The van der Waals surface area contributed by atoms with Crippen LogP contribution in [0.3, 0.4) is 0 Å². The number of esters is 1. The van der Waals surface area contributed by atoms with Gasteiger partial charge in [0.1, 0.15) is 17.3 Å². The van der Waals surface area contributed by atoms with Crippen molar-refractivity contribution in [3.8, 4) is 0 Å². The average molecular weight is 422 g/mol. The Balaban J connectivity index is 3.10. The number of nitro benzene ring substituents is 1. The minimum Gasteiger partial charge on any atom is -0.458 e. The molecule has 0 fully saturated rings. The summed E-state index contributed by atoms with van der Waals surface area (Å²) in [4.78, 5) is 36.3. The van der Waals surface area contributed by atoms with Gasteiger partial charge in [0.25, 0.3) is 11.6 Å². The summed E-state index contributed by atoms with van der Waals surface area (Å²) in [5.74, 6) is -0.932. The molecule has 0 aromatic heterocycles. The van der Waals surface area contributed by atoms with E-state index in [1.807, 2.05) is 27.7 Å². The number of hydrogen-bond acceptors (Lipinski definition) is 6. The third-order valence-electron chi connectivity index (χ3n) is 4.51. The summed E-state index contributed by atoms with van der Waals surface area (Å²) in [6, 6.07) is 3.57. The molecule has 1 aromatic rings. The first-order chi connectivity index (χ1) is 13.9. The van der Waals surface area contributed by atoms with Crippen LogP contribution in [0.2, 0.25) is 0 Å². The molecule has 0 spiro atoms. The summed E-state index contributed by atoms with van der Waals surface area (Å²) in [6.07, 6.45) is 2.04. The Morgan fingerprint density at radius 2 is 1.77 bits per heavy atom. The molecule has 1 amide bonds. The Morgan fingerprint density at radius 3 is 2.23 bits per heavy atom. The topological polar surface area (TPSA) is 111 Å². The van der Waals surface area contributed by atoms with E-state index in [4.69, 9.17) is 4.74 Å². The zero-order valence-corrected chi connectivity index (χ0v) is 19.1. The number of rotatable bonds is 10. The molecule has 168 valence electrons. The minimum atomic E-state index is -0.835. The van der Waals surface area contributed by atoms with Crippen LogP contribution in [0.1, 0.15) is 78.1 Å². The molecule has 0 saturated carbocycles. The lowest BCUT2D eigenvalue weighted by Crippen LogP contribution is -2.45. The molecular weight excluding hydrogens is 386 g/mol. The largest absolute Gasteiger partial charge is 0.458 e. The molecule has 1 atom stereocenters. The standard InChI is InChI=1S/C22H35N3O5/c1-8-16(9-2)23-17-11-10-15(13-19(17)25(28)29)20(26)24-18(12-14(3)4)21(27)30-22(5,6)7/h10-11,13-14,16,18,23H,8-9,12H2,1-7H3,(H,24,26). The summed E-state index contributed by atoms with van der Waals surface area (Å²) in [5, 5.41) is 17.4. The van der Waals surface area contributed by atoms with E-state index in [2.05, 4.69) is 10.6 Å². The summed E-state index contributed by atoms with van der Waals surface area (Å²) >= 11 is 0. The Morgan fingerprint density at radius 1 is 1.17 bits per heavy atom. The molecular formula is C22H35N3O5. The molecule has 8 nitrogen and oxygen atoms in total. The molecule has 1 unspecified atom stereocenters. The molecule has 1 aromatic carbocycles. The summed E-state index contributed by atoms with van der Waals surface area (Å²) in [7, 11) is 0. The maximum Gasteiger partial charge on any atom is 0.329 e. The lowest BCUT2D eigenvalue weighted by atomic mass is 10.0. The molecule has 0 aliphatic rings. The van der Waals surface area contributed by atoms with E-state index in [0.717, 1.165) is 12.8 Å². The quantitative estimate of drug-likeness (QED) is 0.322. The maximum absolute atomic E-state index is 12.8. The van der Waals surface area contributed by atoms with Gasteiger partial charge in [0.15, 0.2) is 0 Å². The molecule has 1 rings (SSSR count). The molecule has 0 aliphatic carbocycles. The van der Waals surface area contributed by atoms with Crippen LogP contribution < -0.4 is 10.6 Å². The molecule has 8 heteroatoms. The number of carbonyl (C=O) groups is 2. The van der Waals surface area contributed by atoms with Crippen molar-refractivity contribution in [1.82, 2.24) is 5.32 Å². The second-order valence-corrected chi connectivity index (χ2v) is 8.84. The normalized spacial score (nSPS) is 12.6. The number of amides is 1. The van der Waals surface area contributed by atoms with Crippen LogP contribution in [0.25, 0.3) is 0 Å². The summed E-state index contributed by atoms with van der Waals surface area (Å²) in [6.45, 7) is 13.1. The van der Waals surface area contributed by atoms with Gasteiger partial charge in [-0.15, -0.1) is 0 Å². The third-order valence-corrected chi connectivity index (χ3v) is 4.51. The predicted octanol–water partition coefficient (Wildman–Crippen LogP) is 4.68. The SMILES string of the molecule is CCC(CC)Nc1ccc(C(=O)NC(CC(C)C)C(=O)OC(C)(C)C)cc1[N+](=O)[O-]. The second-order valence-electron chi connectivity index (χ2n) is 8.84. The maximum atomic E-state index is 12.8. The van der Waals surface area contributed by atoms with Crippen molar-refractivity contribution in [2.24, 2.45) is 5.92 Å². The van der Waals surface area contributed by atoms with E-state index >= 15 is 0 Å². The predicted molar refractivity (Wildman–Crippen MR) is 118 cm³/mol. The first-order valence-corrected chi connectivity index (χ1v) is 10.5. The lowest BCUT2D eigenvalue weighted by Gasteiger charge is -2.25. The van der Waals surface area contributed by atoms with E-state index in [-0.39, 0.29) is 23.2 Å². The number of benzene rings is 1. The van der Waals surface area contributed by atoms with Crippen LogP contribution in [0.4, 0.5) is 11.4 Å². The highest BCUT2D eigenvalue weighted by molar-refractivity contribution is 5.98. The highest BCUT2D eigenvalue weighted by Gasteiger charge is 2.28. The summed E-state index contributed by atoms with van der Waals surface area (Å²) < 4.78 is 5.42. The van der Waals surface area contributed by atoms with Crippen molar-refractivity contribution < 1.29 is 19.2 Å². The molecule has 0 heterocycles. The van der Waals surface area contributed by atoms with E-state index in [1.165, 1.54) is 18.2 Å². The number of nitrogens with zero attached hydrogens (tertiary/aromatic N) is 1. The van der Waals surface area contributed by atoms with Crippen molar-refractivity contribution in [3.63, 3.8) is 0 Å². The zero-order valence-electron chi connectivity index (χ0n) is 19.1. The van der Waals surface area contributed by atoms with Crippen LogP contribution in [0.15, 0.2) is 18.2 Å². The fourth-order valence-electron chi connectivity index (χ4n) is 2.96. The number of hydrogen-bond donors (Lipinski definition) is 2. The third kappa shape index (κ3) is 8.00. The van der Waals surface area contributed by atoms with Crippen molar-refractivity contribution in [3.05, 3.63) is 33.9 Å². The highest BCUT2D eigenvalue weighted by Crippen LogP contribution is 2.27. The van der Waals surface area contributed by atoms with Gasteiger partial charge < -0.3 is 15.4 Å². The van der Waals surface area contributed by atoms with Gasteiger partial charge in [-0.1, -0.05) is 27.7 Å². The number of nitro groups is 1. The van der Waals surface area contributed by atoms with Gasteiger partial charge in [0.05, 0.1) is 4.92 Å². The van der Waals surface area contributed by atoms with Crippen molar-refractivity contribution in [2.75, 3.05) is 5.32 Å². The van der Waals surface area contributed by atoms with Crippen molar-refractivity contribution in [1.29, 1.82) is 0 Å². The van der Waals surface area contributed by atoms with Gasteiger partial charge in [-0.25, -0.2) is 4.79 Å². The molecule has 30 heavy (non-hydrogen) atoms. The van der Waals surface area contributed by atoms with Gasteiger partial charge in [0, 0.05) is 17.7 Å². The van der Waals surface area contributed by atoms with Crippen molar-refractivity contribution >= 4 is 23.3 Å². The number of ether oxygens (including phenoxy) is 1. The van der Waals surface area contributed by atoms with E-state index in [1.54, 1.807) is 20.8 Å². The zero-order chi connectivity index (χ0) is 23.1. The lowest BCUT2D eigenvalue weighted by molar-refractivity contribution is -0.384. The molecule has 2 N–H and O–H groups in total. The first-order valence-electron chi connectivity index (χ1n) is 10.5.